The van der Waals surface area contributed by atoms with Crippen molar-refractivity contribution in [1.82, 2.24) is 10.3 Å². The van der Waals surface area contributed by atoms with Gasteiger partial charge in [-0.3, -0.25) is 9.78 Å². The van der Waals surface area contributed by atoms with Crippen molar-refractivity contribution in [3.8, 4) is 5.75 Å². The number of aromatic hydroxyl groups is 1. The molecule has 0 saturated heterocycles. The summed E-state index contributed by atoms with van der Waals surface area (Å²) in [5.41, 5.74) is 2.00. The quantitative estimate of drug-likeness (QED) is 0.788. The fourth-order valence-electron chi connectivity index (χ4n) is 1.88. The predicted molar refractivity (Wildman–Crippen MR) is 74.2 cm³/mol. The molecule has 3 N–H and O–H groups in total. The molecule has 104 valence electrons. The first-order chi connectivity index (χ1) is 9.63. The van der Waals surface area contributed by atoms with Crippen LogP contribution in [0.25, 0.3) is 0 Å². The fraction of sp³-hybridized carbons (Fsp3) is 0.200. The molecule has 0 atom stereocenters. The number of nitrogens with one attached hydrogen (secondary N) is 1. The molecule has 0 aliphatic rings. The maximum Gasteiger partial charge on any atom is 0.251 e. The monoisotopic (exact) mass is 272 g/mol. The lowest BCUT2D eigenvalue weighted by molar-refractivity contribution is 0.0950. The molecule has 0 radical (unpaired) electrons. The van der Waals surface area contributed by atoms with E-state index in [0.717, 1.165) is 0 Å². The normalized spacial score (nSPS) is 10.3. The molecule has 0 fully saturated rings. The van der Waals surface area contributed by atoms with Gasteiger partial charge in [0.1, 0.15) is 5.75 Å². The van der Waals surface area contributed by atoms with Crippen LogP contribution in [0.5, 0.6) is 5.75 Å². The van der Waals surface area contributed by atoms with E-state index in [1.165, 1.54) is 6.20 Å². The summed E-state index contributed by atoms with van der Waals surface area (Å²) in [6.45, 7) is 1.56. The summed E-state index contributed by atoms with van der Waals surface area (Å²) in [5.74, 6) is -0.228. The summed E-state index contributed by atoms with van der Waals surface area (Å²) in [6.07, 6.45) is 1.50. The number of rotatable bonds is 4. The highest BCUT2D eigenvalue weighted by atomic mass is 16.3. The summed E-state index contributed by atoms with van der Waals surface area (Å²) in [7, 11) is 0. The number of pyridine rings is 1. The number of hydrogen-bond acceptors (Lipinski definition) is 4. The van der Waals surface area contributed by atoms with E-state index in [-0.39, 0.29) is 24.8 Å². The van der Waals surface area contributed by atoms with Gasteiger partial charge in [-0.05, 0) is 19.1 Å². The number of aromatic nitrogens is 1. The lowest BCUT2D eigenvalue weighted by atomic mass is 10.1. The second kappa shape index (κ2) is 6.16. The third-order valence-electron chi connectivity index (χ3n) is 3.06. The summed E-state index contributed by atoms with van der Waals surface area (Å²) in [4.78, 5) is 15.9. The van der Waals surface area contributed by atoms with E-state index >= 15 is 0 Å². The van der Waals surface area contributed by atoms with Gasteiger partial charge in [0.05, 0.1) is 12.3 Å². The van der Waals surface area contributed by atoms with E-state index in [4.69, 9.17) is 0 Å². The zero-order chi connectivity index (χ0) is 14.5. The molecule has 2 rings (SSSR count). The largest absolute Gasteiger partial charge is 0.506 e. The summed E-state index contributed by atoms with van der Waals surface area (Å²) >= 11 is 0. The number of carbonyl (C=O) groups excluding carboxylic acids is 1. The van der Waals surface area contributed by atoms with E-state index < -0.39 is 0 Å². The summed E-state index contributed by atoms with van der Waals surface area (Å²) in [5, 5.41) is 21.9. The molecular weight excluding hydrogens is 256 g/mol. The molecule has 1 aromatic heterocycles. The van der Waals surface area contributed by atoms with Gasteiger partial charge < -0.3 is 15.5 Å². The maximum absolute atomic E-state index is 11.9. The molecule has 0 aliphatic carbocycles. The lowest BCUT2D eigenvalue weighted by Crippen LogP contribution is -2.23. The van der Waals surface area contributed by atoms with Gasteiger partial charge >= 0.3 is 0 Å². The van der Waals surface area contributed by atoms with Crippen molar-refractivity contribution in [2.24, 2.45) is 0 Å². The van der Waals surface area contributed by atoms with Crippen LogP contribution in [-0.2, 0) is 13.2 Å². The molecule has 2 aromatic rings. The lowest BCUT2D eigenvalue weighted by Gasteiger charge is -2.12. The first kappa shape index (κ1) is 14.0. The second-order valence-corrected chi connectivity index (χ2v) is 4.40. The van der Waals surface area contributed by atoms with Crippen LogP contribution < -0.4 is 5.32 Å². The van der Waals surface area contributed by atoms with Crippen LogP contribution in [0.2, 0.25) is 0 Å². The van der Waals surface area contributed by atoms with Gasteiger partial charge in [-0.25, -0.2) is 0 Å². The van der Waals surface area contributed by atoms with Crippen LogP contribution in [0.1, 0.15) is 27.2 Å². The number of nitrogens with zero attached hydrogens (tertiary/aromatic N) is 1. The van der Waals surface area contributed by atoms with Crippen molar-refractivity contribution in [1.29, 1.82) is 0 Å². The number of aryl methyl sites for hydroxylation is 1. The Morgan fingerprint density at radius 2 is 2.00 bits per heavy atom. The van der Waals surface area contributed by atoms with Gasteiger partial charge in [-0.2, -0.15) is 0 Å². The molecule has 5 nitrogen and oxygen atoms in total. The van der Waals surface area contributed by atoms with Crippen molar-refractivity contribution in [3.05, 3.63) is 58.9 Å². The zero-order valence-corrected chi connectivity index (χ0v) is 11.1. The second-order valence-electron chi connectivity index (χ2n) is 4.40. The zero-order valence-electron chi connectivity index (χ0n) is 11.1. The molecular formula is C15H16N2O3. The molecule has 1 heterocycles. The molecule has 1 aromatic carbocycles. The van der Waals surface area contributed by atoms with Crippen LogP contribution in [0, 0.1) is 6.92 Å². The van der Waals surface area contributed by atoms with Crippen LogP contribution in [0.3, 0.4) is 0 Å². The smallest absolute Gasteiger partial charge is 0.251 e. The molecule has 0 aliphatic heterocycles. The Balaban J connectivity index is 2.15. The minimum absolute atomic E-state index is 0.00455. The van der Waals surface area contributed by atoms with Crippen LogP contribution in [-0.4, -0.2) is 21.1 Å². The van der Waals surface area contributed by atoms with Gasteiger partial charge in [0.2, 0.25) is 0 Å². The van der Waals surface area contributed by atoms with Crippen molar-refractivity contribution in [2.75, 3.05) is 0 Å². The fourth-order valence-corrected chi connectivity index (χ4v) is 1.88. The first-order valence-corrected chi connectivity index (χ1v) is 6.24. The molecule has 0 bridgehead atoms. The van der Waals surface area contributed by atoms with E-state index in [0.29, 0.717) is 22.4 Å². The Bertz CT molecular complexity index is 612. The Morgan fingerprint density at radius 1 is 1.30 bits per heavy atom. The van der Waals surface area contributed by atoms with Gasteiger partial charge in [0.15, 0.2) is 0 Å². The highest BCUT2D eigenvalue weighted by molar-refractivity contribution is 5.94. The predicted octanol–water partition coefficient (Wildman–Crippen LogP) is 1.52. The highest BCUT2D eigenvalue weighted by Crippen LogP contribution is 2.23. The van der Waals surface area contributed by atoms with Crippen molar-refractivity contribution in [3.63, 3.8) is 0 Å². The maximum atomic E-state index is 11.9. The minimum Gasteiger partial charge on any atom is -0.506 e. The van der Waals surface area contributed by atoms with Crippen LogP contribution >= 0.6 is 0 Å². The Hall–Kier alpha value is -2.40. The number of hydrogen-bond donors (Lipinski definition) is 3. The standard InChI is InChI=1S/C15H16N2O3/c1-10-14(19)13(12(9-18)7-16-10)8-17-15(20)11-5-3-2-4-6-11/h2-7,18-19H,8-9H2,1H3,(H,17,20). The van der Waals surface area contributed by atoms with Crippen molar-refractivity contribution >= 4 is 5.91 Å². The third-order valence-corrected chi connectivity index (χ3v) is 3.06. The number of amides is 1. The number of aliphatic hydroxyl groups is 1. The van der Waals surface area contributed by atoms with Crippen molar-refractivity contribution in [2.45, 2.75) is 20.1 Å². The van der Waals surface area contributed by atoms with Crippen LogP contribution in [0.15, 0.2) is 36.5 Å². The first-order valence-electron chi connectivity index (χ1n) is 6.24. The topological polar surface area (TPSA) is 82.5 Å². The van der Waals surface area contributed by atoms with E-state index in [1.807, 2.05) is 6.07 Å². The average molecular weight is 272 g/mol. The van der Waals surface area contributed by atoms with Crippen molar-refractivity contribution < 1.29 is 15.0 Å². The van der Waals surface area contributed by atoms with Gasteiger partial charge in [-0.1, -0.05) is 18.2 Å². The average Bonchev–Trinajstić information content (AvgIpc) is 2.49. The number of benzene rings is 1. The van der Waals surface area contributed by atoms with E-state index in [9.17, 15) is 15.0 Å². The number of carbonyl (C=O) groups is 1. The Kier molecular flexibility index (Phi) is 4.32. The Morgan fingerprint density at radius 3 is 2.65 bits per heavy atom. The molecule has 0 unspecified atom stereocenters. The molecule has 0 saturated carbocycles. The minimum atomic E-state index is -0.239. The van der Waals surface area contributed by atoms with Gasteiger partial charge in [0, 0.05) is 29.4 Å². The van der Waals surface area contributed by atoms with Gasteiger partial charge in [-0.15, -0.1) is 0 Å². The molecule has 0 spiro atoms. The Labute approximate surface area is 116 Å². The molecule has 5 heteroatoms. The summed E-state index contributed by atoms with van der Waals surface area (Å²) in [6, 6.07) is 8.81. The van der Waals surface area contributed by atoms with Gasteiger partial charge in [0.25, 0.3) is 5.91 Å². The van der Waals surface area contributed by atoms with E-state index in [2.05, 4.69) is 10.3 Å². The third kappa shape index (κ3) is 2.95. The summed E-state index contributed by atoms with van der Waals surface area (Å²) < 4.78 is 0. The molecule has 20 heavy (non-hydrogen) atoms. The SMILES string of the molecule is Cc1ncc(CO)c(CNC(=O)c2ccccc2)c1O. The van der Waals surface area contributed by atoms with E-state index in [1.54, 1.807) is 31.2 Å². The van der Waals surface area contributed by atoms with Crippen LogP contribution in [0.4, 0.5) is 0 Å². The number of aliphatic hydroxyl groups excluding tert-OH is 1. The molecule has 1 amide bonds. The highest BCUT2D eigenvalue weighted by Gasteiger charge is 2.13.